The van der Waals surface area contributed by atoms with Crippen molar-refractivity contribution in [2.75, 3.05) is 0 Å². The summed E-state index contributed by atoms with van der Waals surface area (Å²) in [4.78, 5) is 20.4. The fourth-order valence-corrected chi connectivity index (χ4v) is 2.80. The fraction of sp³-hybridized carbons (Fsp3) is 0.308. The topological polar surface area (TPSA) is 63.1 Å². The third-order valence-corrected chi connectivity index (χ3v) is 3.96. The predicted molar refractivity (Wildman–Crippen MR) is 70.6 cm³/mol. The molecule has 0 saturated carbocycles. The zero-order valence-corrected chi connectivity index (χ0v) is 11.1. The van der Waals surface area contributed by atoms with E-state index in [1.807, 2.05) is 19.1 Å². The van der Waals surface area contributed by atoms with E-state index in [-0.39, 0.29) is 5.92 Å². The van der Waals surface area contributed by atoms with E-state index in [1.165, 1.54) is 0 Å². The number of hydrogen-bond donors (Lipinski definition) is 1. The first kappa shape index (κ1) is 12.7. The smallest absolute Gasteiger partial charge is 0.306 e. The molecule has 0 aliphatic rings. The van der Waals surface area contributed by atoms with Crippen molar-refractivity contribution in [3.05, 3.63) is 35.1 Å². The molecule has 2 rings (SSSR count). The summed E-state index contributed by atoms with van der Waals surface area (Å²) >= 11 is 1.56. The largest absolute Gasteiger partial charge is 0.481 e. The van der Waals surface area contributed by atoms with Crippen LogP contribution in [0.25, 0.3) is 10.6 Å². The van der Waals surface area contributed by atoms with Crippen molar-refractivity contribution < 1.29 is 9.90 Å². The monoisotopic (exact) mass is 262 g/mol. The Morgan fingerprint density at radius 2 is 2.11 bits per heavy atom. The van der Waals surface area contributed by atoms with Gasteiger partial charge in [-0.15, -0.1) is 11.3 Å². The minimum atomic E-state index is -0.770. The number of hydrogen-bond acceptors (Lipinski definition) is 4. The molecule has 0 aromatic carbocycles. The lowest BCUT2D eigenvalue weighted by Crippen LogP contribution is -2.11. The van der Waals surface area contributed by atoms with E-state index in [0.29, 0.717) is 6.42 Å². The van der Waals surface area contributed by atoms with Crippen molar-refractivity contribution in [2.24, 2.45) is 5.92 Å². The van der Waals surface area contributed by atoms with Crippen LogP contribution in [0.4, 0.5) is 0 Å². The number of rotatable bonds is 4. The van der Waals surface area contributed by atoms with Gasteiger partial charge in [0.2, 0.25) is 0 Å². The fourth-order valence-electron chi connectivity index (χ4n) is 1.60. The van der Waals surface area contributed by atoms with Crippen LogP contribution in [-0.4, -0.2) is 21.0 Å². The number of aryl methyl sites for hydroxylation is 1. The average molecular weight is 262 g/mol. The van der Waals surface area contributed by atoms with Crippen LogP contribution in [0.15, 0.2) is 24.5 Å². The van der Waals surface area contributed by atoms with Gasteiger partial charge in [0.05, 0.1) is 11.6 Å². The van der Waals surface area contributed by atoms with E-state index in [2.05, 4.69) is 9.97 Å². The Balaban J connectivity index is 2.25. The number of nitrogens with zero attached hydrogens (tertiary/aromatic N) is 2. The number of carbonyl (C=O) groups is 1. The maximum Gasteiger partial charge on any atom is 0.306 e. The van der Waals surface area contributed by atoms with Gasteiger partial charge in [0, 0.05) is 22.8 Å². The maximum absolute atomic E-state index is 10.9. The van der Waals surface area contributed by atoms with Crippen molar-refractivity contribution in [3.63, 3.8) is 0 Å². The quantitative estimate of drug-likeness (QED) is 0.920. The van der Waals surface area contributed by atoms with Gasteiger partial charge in [-0.2, -0.15) is 0 Å². The van der Waals surface area contributed by atoms with E-state index in [1.54, 1.807) is 30.7 Å². The number of pyridine rings is 1. The molecule has 2 aromatic rings. The summed E-state index contributed by atoms with van der Waals surface area (Å²) in [5, 5.41) is 9.85. The summed E-state index contributed by atoms with van der Waals surface area (Å²) in [5.41, 5.74) is 1.94. The SMILES string of the molecule is Cc1nc(-c2ccncc2)sc1CC(C)C(=O)O. The Kier molecular flexibility index (Phi) is 3.72. The summed E-state index contributed by atoms with van der Waals surface area (Å²) < 4.78 is 0. The Morgan fingerprint density at radius 1 is 1.44 bits per heavy atom. The number of carboxylic acid groups (broad SMARTS) is 1. The normalized spacial score (nSPS) is 12.3. The van der Waals surface area contributed by atoms with Gasteiger partial charge in [0.15, 0.2) is 0 Å². The molecular formula is C13H14N2O2S. The second-order valence-corrected chi connectivity index (χ2v) is 5.29. The summed E-state index contributed by atoms with van der Waals surface area (Å²) in [6, 6.07) is 3.81. The molecule has 2 aromatic heterocycles. The molecule has 1 N–H and O–H groups in total. The highest BCUT2D eigenvalue weighted by Gasteiger charge is 2.16. The van der Waals surface area contributed by atoms with Crippen LogP contribution in [0, 0.1) is 12.8 Å². The van der Waals surface area contributed by atoms with Gasteiger partial charge in [-0.3, -0.25) is 9.78 Å². The van der Waals surface area contributed by atoms with E-state index in [4.69, 9.17) is 5.11 Å². The van der Waals surface area contributed by atoms with Crippen molar-refractivity contribution >= 4 is 17.3 Å². The number of carboxylic acids is 1. The highest BCUT2D eigenvalue weighted by molar-refractivity contribution is 7.15. The first-order chi connectivity index (χ1) is 8.58. The van der Waals surface area contributed by atoms with Gasteiger partial charge in [-0.25, -0.2) is 4.98 Å². The molecule has 18 heavy (non-hydrogen) atoms. The summed E-state index contributed by atoms with van der Waals surface area (Å²) in [7, 11) is 0. The predicted octanol–water partition coefficient (Wildman–Crippen LogP) is 2.78. The Bertz CT molecular complexity index is 551. The minimum Gasteiger partial charge on any atom is -0.481 e. The van der Waals surface area contributed by atoms with Crippen LogP contribution in [0.3, 0.4) is 0 Å². The van der Waals surface area contributed by atoms with E-state index >= 15 is 0 Å². The molecule has 0 bridgehead atoms. The molecule has 1 unspecified atom stereocenters. The highest BCUT2D eigenvalue weighted by atomic mass is 32.1. The molecule has 0 fully saturated rings. The van der Waals surface area contributed by atoms with Crippen molar-refractivity contribution in [3.8, 4) is 10.6 Å². The zero-order chi connectivity index (χ0) is 13.1. The number of aromatic nitrogens is 2. The molecule has 0 aliphatic carbocycles. The van der Waals surface area contributed by atoms with Gasteiger partial charge >= 0.3 is 5.97 Å². The molecule has 5 heteroatoms. The zero-order valence-electron chi connectivity index (χ0n) is 10.3. The molecule has 1 atom stereocenters. The lowest BCUT2D eigenvalue weighted by Gasteiger charge is -2.03. The molecule has 94 valence electrons. The van der Waals surface area contributed by atoms with Gasteiger partial charge in [-0.05, 0) is 25.5 Å². The molecule has 0 aliphatic heterocycles. The molecular weight excluding hydrogens is 248 g/mol. The van der Waals surface area contributed by atoms with Crippen LogP contribution in [0.1, 0.15) is 17.5 Å². The van der Waals surface area contributed by atoms with Crippen LogP contribution in [0.2, 0.25) is 0 Å². The third-order valence-electron chi connectivity index (χ3n) is 2.73. The van der Waals surface area contributed by atoms with Gasteiger partial charge in [-0.1, -0.05) is 6.92 Å². The van der Waals surface area contributed by atoms with E-state index < -0.39 is 5.97 Å². The molecule has 0 spiro atoms. The van der Waals surface area contributed by atoms with Gasteiger partial charge < -0.3 is 5.11 Å². The molecule has 0 saturated heterocycles. The first-order valence-corrected chi connectivity index (χ1v) is 6.49. The standard InChI is InChI=1S/C13H14N2O2S/c1-8(13(16)17)7-11-9(2)15-12(18-11)10-3-5-14-6-4-10/h3-6,8H,7H2,1-2H3,(H,16,17). The molecule has 0 amide bonds. The second-order valence-electron chi connectivity index (χ2n) is 4.21. The number of aliphatic carboxylic acids is 1. The summed E-state index contributed by atoms with van der Waals surface area (Å²) in [6.45, 7) is 3.64. The average Bonchev–Trinajstić information content (AvgIpc) is 2.72. The lowest BCUT2D eigenvalue weighted by atomic mass is 10.1. The van der Waals surface area contributed by atoms with Crippen LogP contribution < -0.4 is 0 Å². The molecule has 0 radical (unpaired) electrons. The maximum atomic E-state index is 10.9. The minimum absolute atomic E-state index is 0.380. The Hall–Kier alpha value is -1.75. The van der Waals surface area contributed by atoms with Crippen LogP contribution >= 0.6 is 11.3 Å². The highest BCUT2D eigenvalue weighted by Crippen LogP contribution is 2.29. The van der Waals surface area contributed by atoms with E-state index in [0.717, 1.165) is 21.1 Å². The summed E-state index contributed by atoms with van der Waals surface area (Å²) in [5.74, 6) is -1.15. The summed E-state index contributed by atoms with van der Waals surface area (Å²) in [6.07, 6.45) is 3.99. The van der Waals surface area contributed by atoms with Crippen molar-refractivity contribution in [1.29, 1.82) is 0 Å². The molecule has 4 nitrogen and oxygen atoms in total. The second kappa shape index (κ2) is 5.27. The van der Waals surface area contributed by atoms with Gasteiger partial charge in [0.25, 0.3) is 0 Å². The Morgan fingerprint density at radius 3 is 2.72 bits per heavy atom. The molecule has 2 heterocycles. The van der Waals surface area contributed by atoms with E-state index in [9.17, 15) is 4.79 Å². The van der Waals surface area contributed by atoms with Crippen LogP contribution in [0.5, 0.6) is 0 Å². The van der Waals surface area contributed by atoms with Crippen LogP contribution in [-0.2, 0) is 11.2 Å². The van der Waals surface area contributed by atoms with Gasteiger partial charge in [0.1, 0.15) is 5.01 Å². The Labute approximate surface area is 109 Å². The lowest BCUT2D eigenvalue weighted by molar-refractivity contribution is -0.141. The van der Waals surface area contributed by atoms with Crippen molar-refractivity contribution in [1.82, 2.24) is 9.97 Å². The van der Waals surface area contributed by atoms with Crippen molar-refractivity contribution in [2.45, 2.75) is 20.3 Å². The third kappa shape index (κ3) is 2.73. The number of thiazole rings is 1. The first-order valence-electron chi connectivity index (χ1n) is 5.67.